The summed E-state index contributed by atoms with van der Waals surface area (Å²) in [7, 11) is 0. The van der Waals surface area contributed by atoms with Crippen LogP contribution in [0.2, 0.25) is 5.02 Å². The lowest BCUT2D eigenvalue weighted by atomic mass is 9.93. The molecular weight excluding hydrogens is 298 g/mol. The lowest BCUT2D eigenvalue weighted by molar-refractivity contribution is 0.444. The summed E-state index contributed by atoms with van der Waals surface area (Å²) in [6.07, 6.45) is 4.72. The van der Waals surface area contributed by atoms with Gasteiger partial charge in [-0.15, -0.1) is 0 Å². The molecule has 0 amide bonds. The van der Waals surface area contributed by atoms with Gasteiger partial charge < -0.3 is 5.32 Å². The SMILES string of the molecule is CCCNCC(CCc1ccsc1)Cc1ccc(Cl)cc1. The number of benzene rings is 1. The Balaban J connectivity index is 1.88. The minimum absolute atomic E-state index is 0.678. The van der Waals surface area contributed by atoms with E-state index in [-0.39, 0.29) is 0 Å². The van der Waals surface area contributed by atoms with Crippen LogP contribution in [0.25, 0.3) is 0 Å². The summed E-state index contributed by atoms with van der Waals surface area (Å²) in [5.41, 5.74) is 2.85. The molecule has 1 unspecified atom stereocenters. The van der Waals surface area contributed by atoms with Crippen LogP contribution in [0.3, 0.4) is 0 Å². The molecule has 2 aromatic rings. The Morgan fingerprint density at radius 1 is 1.14 bits per heavy atom. The fourth-order valence-electron chi connectivity index (χ4n) is 2.52. The van der Waals surface area contributed by atoms with E-state index in [0.717, 1.165) is 24.5 Å². The fraction of sp³-hybridized carbons (Fsp3) is 0.444. The van der Waals surface area contributed by atoms with Gasteiger partial charge in [0, 0.05) is 5.02 Å². The lowest BCUT2D eigenvalue weighted by Crippen LogP contribution is -2.25. The molecule has 0 fully saturated rings. The number of nitrogens with one attached hydrogen (secondary N) is 1. The highest BCUT2D eigenvalue weighted by molar-refractivity contribution is 7.07. The maximum Gasteiger partial charge on any atom is 0.0406 e. The molecule has 1 heterocycles. The van der Waals surface area contributed by atoms with Crippen LogP contribution in [0.1, 0.15) is 30.9 Å². The quantitative estimate of drug-likeness (QED) is 0.626. The van der Waals surface area contributed by atoms with Crippen LogP contribution >= 0.6 is 22.9 Å². The maximum absolute atomic E-state index is 5.97. The van der Waals surface area contributed by atoms with Crippen molar-refractivity contribution in [2.75, 3.05) is 13.1 Å². The zero-order valence-corrected chi connectivity index (χ0v) is 14.2. The van der Waals surface area contributed by atoms with E-state index in [1.165, 1.54) is 30.4 Å². The van der Waals surface area contributed by atoms with Crippen molar-refractivity contribution in [2.24, 2.45) is 5.92 Å². The summed E-state index contributed by atoms with van der Waals surface area (Å²) < 4.78 is 0. The Morgan fingerprint density at radius 3 is 2.62 bits per heavy atom. The van der Waals surface area contributed by atoms with Crippen LogP contribution in [0.15, 0.2) is 41.1 Å². The summed E-state index contributed by atoms with van der Waals surface area (Å²) in [5.74, 6) is 0.678. The highest BCUT2D eigenvalue weighted by atomic mass is 35.5. The first kappa shape index (κ1) is 16.5. The van der Waals surface area contributed by atoms with Gasteiger partial charge in [-0.05, 0) is 84.8 Å². The molecule has 0 aliphatic carbocycles. The predicted molar refractivity (Wildman–Crippen MR) is 94.4 cm³/mol. The molecule has 1 aromatic carbocycles. The molecule has 0 spiro atoms. The molecule has 1 aromatic heterocycles. The van der Waals surface area contributed by atoms with Crippen LogP contribution < -0.4 is 5.32 Å². The van der Waals surface area contributed by atoms with Gasteiger partial charge in [-0.25, -0.2) is 0 Å². The molecule has 1 N–H and O–H groups in total. The molecule has 0 radical (unpaired) electrons. The van der Waals surface area contributed by atoms with Crippen molar-refractivity contribution in [3.63, 3.8) is 0 Å². The molecule has 3 heteroatoms. The van der Waals surface area contributed by atoms with Crippen molar-refractivity contribution in [1.29, 1.82) is 0 Å². The first-order chi connectivity index (χ1) is 10.3. The monoisotopic (exact) mass is 321 g/mol. The second-order valence-corrected chi connectivity index (χ2v) is 6.79. The Hall–Kier alpha value is -0.830. The minimum atomic E-state index is 0.678. The molecule has 1 atom stereocenters. The summed E-state index contributed by atoms with van der Waals surface area (Å²) in [6, 6.07) is 10.5. The molecule has 0 saturated heterocycles. The van der Waals surface area contributed by atoms with E-state index in [0.29, 0.717) is 5.92 Å². The number of hydrogen-bond acceptors (Lipinski definition) is 2. The summed E-state index contributed by atoms with van der Waals surface area (Å²) in [5, 5.41) is 8.82. The average molecular weight is 322 g/mol. The Morgan fingerprint density at radius 2 is 1.95 bits per heavy atom. The first-order valence-corrected chi connectivity index (χ1v) is 9.06. The van der Waals surface area contributed by atoms with Gasteiger partial charge >= 0.3 is 0 Å². The van der Waals surface area contributed by atoms with E-state index in [9.17, 15) is 0 Å². The smallest absolute Gasteiger partial charge is 0.0406 e. The van der Waals surface area contributed by atoms with Gasteiger partial charge in [0.25, 0.3) is 0 Å². The summed E-state index contributed by atoms with van der Waals surface area (Å²) in [6.45, 7) is 4.42. The maximum atomic E-state index is 5.97. The fourth-order valence-corrected chi connectivity index (χ4v) is 3.35. The van der Waals surface area contributed by atoms with Crippen LogP contribution in [-0.2, 0) is 12.8 Å². The van der Waals surface area contributed by atoms with E-state index in [2.05, 4.69) is 41.2 Å². The molecule has 2 rings (SSSR count). The second-order valence-electron chi connectivity index (χ2n) is 5.57. The van der Waals surface area contributed by atoms with E-state index >= 15 is 0 Å². The summed E-state index contributed by atoms with van der Waals surface area (Å²) >= 11 is 7.76. The van der Waals surface area contributed by atoms with Crippen molar-refractivity contribution in [2.45, 2.75) is 32.6 Å². The van der Waals surface area contributed by atoms with Gasteiger partial charge in [0.05, 0.1) is 0 Å². The van der Waals surface area contributed by atoms with Crippen molar-refractivity contribution in [3.8, 4) is 0 Å². The number of aryl methyl sites for hydroxylation is 1. The van der Waals surface area contributed by atoms with Gasteiger partial charge in [0.15, 0.2) is 0 Å². The van der Waals surface area contributed by atoms with Crippen molar-refractivity contribution in [1.82, 2.24) is 5.32 Å². The normalized spacial score (nSPS) is 12.5. The second kappa shape index (κ2) is 9.24. The van der Waals surface area contributed by atoms with Crippen molar-refractivity contribution < 1.29 is 0 Å². The standard InChI is InChI=1S/C18H24ClNS/c1-2-10-20-13-17(4-3-16-9-11-21-14-16)12-15-5-7-18(19)8-6-15/h5-9,11,14,17,20H,2-4,10,12-13H2,1H3. The van der Waals surface area contributed by atoms with E-state index < -0.39 is 0 Å². The molecule has 0 aliphatic rings. The Kier molecular flexibility index (Phi) is 7.28. The van der Waals surface area contributed by atoms with Gasteiger partial charge in [-0.1, -0.05) is 30.7 Å². The zero-order valence-electron chi connectivity index (χ0n) is 12.6. The number of hydrogen-bond donors (Lipinski definition) is 1. The predicted octanol–water partition coefficient (Wildman–Crippen LogP) is 5.19. The Labute approximate surface area is 137 Å². The molecule has 1 nitrogen and oxygen atoms in total. The third-order valence-electron chi connectivity index (χ3n) is 3.72. The van der Waals surface area contributed by atoms with Crippen LogP contribution in [0.4, 0.5) is 0 Å². The molecule has 21 heavy (non-hydrogen) atoms. The van der Waals surface area contributed by atoms with Crippen LogP contribution in [0.5, 0.6) is 0 Å². The van der Waals surface area contributed by atoms with Crippen molar-refractivity contribution in [3.05, 3.63) is 57.2 Å². The molecule has 114 valence electrons. The zero-order chi connectivity index (χ0) is 14.9. The number of rotatable bonds is 9. The number of halogens is 1. The lowest BCUT2D eigenvalue weighted by Gasteiger charge is -2.17. The highest BCUT2D eigenvalue weighted by Gasteiger charge is 2.10. The van der Waals surface area contributed by atoms with E-state index in [4.69, 9.17) is 11.6 Å². The largest absolute Gasteiger partial charge is 0.316 e. The Bertz CT molecular complexity index is 492. The molecule has 0 bridgehead atoms. The van der Waals surface area contributed by atoms with Crippen molar-refractivity contribution >= 4 is 22.9 Å². The molecule has 0 aliphatic heterocycles. The topological polar surface area (TPSA) is 12.0 Å². The number of thiophene rings is 1. The average Bonchev–Trinajstić information content (AvgIpc) is 3.00. The van der Waals surface area contributed by atoms with Gasteiger partial charge in [0.2, 0.25) is 0 Å². The highest BCUT2D eigenvalue weighted by Crippen LogP contribution is 2.18. The van der Waals surface area contributed by atoms with E-state index in [1.807, 2.05) is 12.1 Å². The minimum Gasteiger partial charge on any atom is -0.316 e. The summed E-state index contributed by atoms with van der Waals surface area (Å²) in [4.78, 5) is 0. The van der Waals surface area contributed by atoms with Gasteiger partial charge in [0.1, 0.15) is 0 Å². The van der Waals surface area contributed by atoms with Gasteiger partial charge in [-0.3, -0.25) is 0 Å². The molecule has 0 saturated carbocycles. The first-order valence-electron chi connectivity index (χ1n) is 7.74. The van der Waals surface area contributed by atoms with Gasteiger partial charge in [-0.2, -0.15) is 11.3 Å². The van der Waals surface area contributed by atoms with E-state index in [1.54, 1.807) is 11.3 Å². The molecular formula is C18H24ClNS. The van der Waals surface area contributed by atoms with Crippen LogP contribution in [-0.4, -0.2) is 13.1 Å². The van der Waals surface area contributed by atoms with Crippen LogP contribution in [0, 0.1) is 5.92 Å². The third-order valence-corrected chi connectivity index (χ3v) is 4.70. The third kappa shape index (κ3) is 6.21.